The number of amides is 1. The molecule has 2 saturated heterocycles. The molecule has 0 spiro atoms. The van der Waals surface area contributed by atoms with Gasteiger partial charge in [-0.25, -0.2) is 0 Å². The van der Waals surface area contributed by atoms with Gasteiger partial charge in [0.15, 0.2) is 0 Å². The van der Waals surface area contributed by atoms with E-state index < -0.39 is 0 Å². The van der Waals surface area contributed by atoms with E-state index in [0.717, 1.165) is 19.3 Å². The first-order chi connectivity index (χ1) is 9.71. The normalized spacial score (nSPS) is 28.8. The highest BCUT2D eigenvalue weighted by molar-refractivity contribution is 5.85. The Balaban J connectivity index is 0.00000220. The topological polar surface area (TPSA) is 50.4 Å². The maximum Gasteiger partial charge on any atom is 0.220 e. The van der Waals surface area contributed by atoms with E-state index in [1.165, 1.54) is 25.7 Å². The predicted molar refractivity (Wildman–Crippen MR) is 87.9 cm³/mol. The van der Waals surface area contributed by atoms with Gasteiger partial charge in [-0.15, -0.1) is 12.4 Å². The molecule has 0 saturated carbocycles. The lowest BCUT2D eigenvalue weighted by Crippen LogP contribution is -2.42. The second kappa shape index (κ2) is 9.65. The van der Waals surface area contributed by atoms with Gasteiger partial charge in [0.05, 0.1) is 12.6 Å². The fourth-order valence-electron chi connectivity index (χ4n) is 3.74. The van der Waals surface area contributed by atoms with Crippen LogP contribution in [0.4, 0.5) is 0 Å². The molecule has 3 atom stereocenters. The maximum absolute atomic E-state index is 12.2. The smallest absolute Gasteiger partial charge is 0.220 e. The first-order valence-corrected chi connectivity index (χ1v) is 8.25. The molecule has 2 rings (SSSR count). The van der Waals surface area contributed by atoms with Crippen molar-refractivity contribution >= 4 is 18.3 Å². The molecule has 0 aromatic carbocycles. The summed E-state index contributed by atoms with van der Waals surface area (Å²) in [6.45, 7) is 2.81. The Morgan fingerprint density at radius 3 is 2.57 bits per heavy atom. The van der Waals surface area contributed by atoms with Crippen molar-refractivity contribution < 1.29 is 9.53 Å². The van der Waals surface area contributed by atoms with Crippen LogP contribution in [0.3, 0.4) is 0 Å². The maximum atomic E-state index is 12.2. The molecule has 2 aliphatic heterocycles. The van der Waals surface area contributed by atoms with E-state index in [4.69, 9.17) is 4.74 Å². The first-order valence-electron chi connectivity index (χ1n) is 8.25. The third-order valence-corrected chi connectivity index (χ3v) is 4.68. The molecule has 1 amide bonds. The first kappa shape index (κ1) is 18.7. The fraction of sp³-hybridized carbons (Fsp3) is 0.938. The van der Waals surface area contributed by atoms with Crippen LogP contribution < -0.4 is 10.6 Å². The highest BCUT2D eigenvalue weighted by Gasteiger charge is 2.34. The summed E-state index contributed by atoms with van der Waals surface area (Å²) in [7, 11) is 1.70. The highest BCUT2D eigenvalue weighted by Crippen LogP contribution is 2.32. The molecule has 21 heavy (non-hydrogen) atoms. The van der Waals surface area contributed by atoms with Gasteiger partial charge in [0, 0.05) is 25.6 Å². The lowest BCUT2D eigenvalue weighted by molar-refractivity contribution is -0.123. The van der Waals surface area contributed by atoms with E-state index >= 15 is 0 Å². The van der Waals surface area contributed by atoms with Crippen molar-refractivity contribution in [3.63, 3.8) is 0 Å². The number of ether oxygens (including phenoxy) is 1. The number of piperidine rings is 1. The van der Waals surface area contributed by atoms with Crippen LogP contribution in [0, 0.1) is 5.92 Å². The highest BCUT2D eigenvalue weighted by atomic mass is 35.5. The summed E-state index contributed by atoms with van der Waals surface area (Å²) in [5.74, 6) is 0.789. The number of carbonyl (C=O) groups is 1. The lowest BCUT2D eigenvalue weighted by Gasteiger charge is -2.29. The Morgan fingerprint density at radius 2 is 2.00 bits per heavy atom. The van der Waals surface area contributed by atoms with Crippen LogP contribution >= 0.6 is 12.4 Å². The summed E-state index contributed by atoms with van der Waals surface area (Å²) in [5.41, 5.74) is 0. The van der Waals surface area contributed by atoms with Gasteiger partial charge in [-0.1, -0.05) is 19.8 Å². The average Bonchev–Trinajstić information content (AvgIpc) is 2.75. The second-order valence-corrected chi connectivity index (χ2v) is 6.54. The minimum Gasteiger partial charge on any atom is -0.383 e. The van der Waals surface area contributed by atoms with Crippen molar-refractivity contribution in [1.29, 1.82) is 0 Å². The van der Waals surface area contributed by atoms with Gasteiger partial charge in [-0.05, 0) is 38.0 Å². The monoisotopic (exact) mass is 318 g/mol. The Hall–Kier alpha value is -0.320. The van der Waals surface area contributed by atoms with Crippen LogP contribution in [0.2, 0.25) is 0 Å². The summed E-state index contributed by atoms with van der Waals surface area (Å²) in [5, 5.41) is 6.80. The van der Waals surface area contributed by atoms with Crippen LogP contribution in [-0.4, -0.2) is 37.7 Å². The van der Waals surface area contributed by atoms with E-state index in [-0.39, 0.29) is 24.4 Å². The molecule has 2 aliphatic rings. The van der Waals surface area contributed by atoms with Crippen molar-refractivity contribution in [3.05, 3.63) is 0 Å². The number of methoxy groups -OCH3 is 1. The molecule has 4 nitrogen and oxygen atoms in total. The van der Waals surface area contributed by atoms with E-state index in [9.17, 15) is 4.79 Å². The quantitative estimate of drug-likeness (QED) is 0.723. The zero-order valence-electron chi connectivity index (χ0n) is 13.4. The summed E-state index contributed by atoms with van der Waals surface area (Å²) in [6, 6.07) is 1.52. The molecule has 2 heterocycles. The molecule has 0 radical (unpaired) electrons. The Kier molecular flexibility index (Phi) is 8.60. The molecule has 0 aromatic rings. The zero-order chi connectivity index (χ0) is 14.4. The van der Waals surface area contributed by atoms with Gasteiger partial charge >= 0.3 is 0 Å². The molecule has 0 aliphatic carbocycles. The number of hydrogen-bond acceptors (Lipinski definition) is 3. The van der Waals surface area contributed by atoms with Crippen molar-refractivity contribution in [3.8, 4) is 0 Å². The Labute approximate surface area is 135 Å². The number of fused-ring (bicyclic) bond motifs is 2. The molecule has 2 N–H and O–H groups in total. The number of nitrogens with one attached hydrogen (secondary N) is 2. The summed E-state index contributed by atoms with van der Waals surface area (Å²) in [6.07, 6.45) is 8.97. The van der Waals surface area contributed by atoms with Gasteiger partial charge in [0.1, 0.15) is 0 Å². The van der Waals surface area contributed by atoms with E-state index in [1.807, 2.05) is 0 Å². The van der Waals surface area contributed by atoms with Gasteiger partial charge in [-0.3, -0.25) is 4.79 Å². The van der Waals surface area contributed by atoms with Gasteiger partial charge in [-0.2, -0.15) is 0 Å². The Morgan fingerprint density at radius 1 is 1.33 bits per heavy atom. The van der Waals surface area contributed by atoms with Crippen molar-refractivity contribution in [2.45, 2.75) is 76.4 Å². The van der Waals surface area contributed by atoms with Crippen LogP contribution in [-0.2, 0) is 9.53 Å². The molecule has 124 valence electrons. The van der Waals surface area contributed by atoms with Crippen LogP contribution in [0.15, 0.2) is 0 Å². The summed E-state index contributed by atoms with van der Waals surface area (Å²) >= 11 is 0. The molecule has 3 unspecified atom stereocenters. The minimum atomic E-state index is 0. The molecule has 2 fully saturated rings. The average molecular weight is 319 g/mol. The standard InChI is InChI=1S/C16H30N2O2.ClH/c1-3-4-5-15(11-20-2)18-16(19)10-12-8-13-6-7-14(9-12)17-13;/h12-15,17H,3-11H2,1-2H3,(H,18,19);1H. The van der Waals surface area contributed by atoms with Crippen molar-refractivity contribution in [2.75, 3.05) is 13.7 Å². The minimum absolute atomic E-state index is 0. The zero-order valence-corrected chi connectivity index (χ0v) is 14.2. The van der Waals surface area contributed by atoms with E-state index in [2.05, 4.69) is 17.6 Å². The second-order valence-electron chi connectivity index (χ2n) is 6.54. The van der Waals surface area contributed by atoms with Crippen LogP contribution in [0.25, 0.3) is 0 Å². The Bertz CT molecular complexity index is 303. The third-order valence-electron chi connectivity index (χ3n) is 4.68. The number of unbranched alkanes of at least 4 members (excludes halogenated alkanes) is 1. The van der Waals surface area contributed by atoms with Gasteiger partial charge < -0.3 is 15.4 Å². The van der Waals surface area contributed by atoms with Crippen LogP contribution in [0.5, 0.6) is 0 Å². The molecule has 2 bridgehead atoms. The SMILES string of the molecule is CCCCC(COC)NC(=O)CC1CC2CCC(C1)N2.Cl. The number of hydrogen-bond donors (Lipinski definition) is 2. The predicted octanol–water partition coefficient (Wildman–Crippen LogP) is 2.65. The molecular weight excluding hydrogens is 288 g/mol. The number of carbonyl (C=O) groups excluding carboxylic acids is 1. The summed E-state index contributed by atoms with van der Waals surface area (Å²) < 4.78 is 5.21. The van der Waals surface area contributed by atoms with Crippen molar-refractivity contribution in [2.24, 2.45) is 5.92 Å². The van der Waals surface area contributed by atoms with Crippen molar-refractivity contribution in [1.82, 2.24) is 10.6 Å². The number of halogens is 1. The van der Waals surface area contributed by atoms with Gasteiger partial charge in [0.25, 0.3) is 0 Å². The molecular formula is C16H31ClN2O2. The molecule has 0 aromatic heterocycles. The molecule has 5 heteroatoms. The van der Waals surface area contributed by atoms with E-state index in [0.29, 0.717) is 31.0 Å². The lowest BCUT2D eigenvalue weighted by atomic mass is 9.89. The van der Waals surface area contributed by atoms with E-state index in [1.54, 1.807) is 7.11 Å². The number of rotatable bonds is 8. The summed E-state index contributed by atoms with van der Waals surface area (Å²) in [4.78, 5) is 12.2. The van der Waals surface area contributed by atoms with Crippen LogP contribution in [0.1, 0.15) is 58.3 Å². The largest absolute Gasteiger partial charge is 0.383 e. The van der Waals surface area contributed by atoms with Gasteiger partial charge in [0.2, 0.25) is 5.91 Å². The third kappa shape index (κ3) is 6.13. The fourth-order valence-corrected chi connectivity index (χ4v) is 3.74.